The van der Waals surface area contributed by atoms with E-state index in [9.17, 15) is 0 Å². The van der Waals surface area contributed by atoms with Crippen LogP contribution in [0.3, 0.4) is 0 Å². The maximum absolute atomic E-state index is 5.62. The van der Waals surface area contributed by atoms with Crippen LogP contribution in [0.4, 0.5) is 0 Å². The summed E-state index contributed by atoms with van der Waals surface area (Å²) in [5.41, 5.74) is 0. The highest BCUT2D eigenvalue weighted by Crippen LogP contribution is 2.38. The van der Waals surface area contributed by atoms with E-state index in [1.54, 1.807) is 0 Å². The van der Waals surface area contributed by atoms with Gasteiger partial charge < -0.3 is 9.30 Å². The molecule has 1 heterocycles. The molecule has 1 aliphatic rings. The fourth-order valence-electron chi connectivity index (χ4n) is 1.78. The second-order valence-electron chi connectivity index (χ2n) is 5.11. The summed E-state index contributed by atoms with van der Waals surface area (Å²) >= 11 is 5.23. The van der Waals surface area contributed by atoms with E-state index < -0.39 is 0 Å². The molecule has 1 aromatic rings. The van der Waals surface area contributed by atoms with Crippen LogP contribution in [0.5, 0.6) is 0 Å². The largest absolute Gasteiger partial charge is 0.380 e. The van der Waals surface area contributed by atoms with Crippen molar-refractivity contribution in [2.75, 3.05) is 13.2 Å². The number of hydrogen-bond acceptors (Lipinski definition) is 3. The molecule has 1 aromatic heterocycles. The molecule has 1 fully saturated rings. The number of aromatic amines is 1. The number of hydrogen-bond donors (Lipinski definition) is 1. The van der Waals surface area contributed by atoms with Gasteiger partial charge in [-0.05, 0) is 37.4 Å². The van der Waals surface area contributed by atoms with Gasteiger partial charge in [0.05, 0.1) is 13.2 Å². The SMILES string of the molecule is CC(C)CCOCCn1c(C2CC2)n[nH]c1=S. The van der Waals surface area contributed by atoms with Gasteiger partial charge in [-0.25, -0.2) is 0 Å². The van der Waals surface area contributed by atoms with Gasteiger partial charge in [-0.1, -0.05) is 13.8 Å². The summed E-state index contributed by atoms with van der Waals surface area (Å²) in [5.74, 6) is 2.44. The Balaban J connectivity index is 1.78. The molecule has 4 nitrogen and oxygen atoms in total. The third-order valence-corrected chi connectivity index (χ3v) is 3.34. The van der Waals surface area contributed by atoms with Gasteiger partial charge in [0.25, 0.3) is 0 Å². The first-order valence-corrected chi connectivity index (χ1v) is 6.82. The van der Waals surface area contributed by atoms with Gasteiger partial charge in [0.2, 0.25) is 0 Å². The Morgan fingerprint density at radius 3 is 2.88 bits per heavy atom. The Morgan fingerprint density at radius 1 is 1.47 bits per heavy atom. The topological polar surface area (TPSA) is 42.8 Å². The van der Waals surface area contributed by atoms with Crippen LogP contribution in [0.25, 0.3) is 0 Å². The first-order valence-electron chi connectivity index (χ1n) is 6.41. The van der Waals surface area contributed by atoms with Gasteiger partial charge in [0, 0.05) is 12.5 Å². The summed E-state index contributed by atoms with van der Waals surface area (Å²) in [6.07, 6.45) is 3.61. The maximum Gasteiger partial charge on any atom is 0.195 e. The number of aromatic nitrogens is 3. The lowest BCUT2D eigenvalue weighted by molar-refractivity contribution is 0.115. The summed E-state index contributed by atoms with van der Waals surface area (Å²) in [7, 11) is 0. The average molecular weight is 255 g/mol. The standard InChI is InChI=1S/C12H21N3OS/c1-9(2)5-7-16-8-6-15-11(10-3-4-10)13-14-12(15)17/h9-10H,3-8H2,1-2H3,(H,14,17). The maximum atomic E-state index is 5.62. The third kappa shape index (κ3) is 3.64. The van der Waals surface area contributed by atoms with Crippen LogP contribution in [-0.2, 0) is 11.3 Å². The number of H-pyrrole nitrogens is 1. The summed E-state index contributed by atoms with van der Waals surface area (Å²) in [4.78, 5) is 0. The Bertz CT molecular complexity index is 406. The van der Waals surface area contributed by atoms with E-state index in [2.05, 4.69) is 28.6 Å². The van der Waals surface area contributed by atoms with Crippen molar-refractivity contribution in [1.82, 2.24) is 14.8 Å². The van der Waals surface area contributed by atoms with Crippen LogP contribution in [0.2, 0.25) is 0 Å². The van der Waals surface area contributed by atoms with Crippen molar-refractivity contribution in [2.45, 2.75) is 45.6 Å². The molecule has 5 heteroatoms. The highest BCUT2D eigenvalue weighted by molar-refractivity contribution is 7.71. The second kappa shape index (κ2) is 5.78. The summed E-state index contributed by atoms with van der Waals surface area (Å²) in [5, 5.41) is 7.17. The smallest absolute Gasteiger partial charge is 0.195 e. The Hall–Kier alpha value is -0.680. The van der Waals surface area contributed by atoms with Crippen LogP contribution in [-0.4, -0.2) is 28.0 Å². The predicted molar refractivity (Wildman–Crippen MR) is 69.7 cm³/mol. The van der Waals surface area contributed by atoms with Gasteiger partial charge >= 0.3 is 0 Å². The van der Waals surface area contributed by atoms with Crippen molar-refractivity contribution >= 4 is 12.2 Å². The minimum Gasteiger partial charge on any atom is -0.380 e. The second-order valence-corrected chi connectivity index (χ2v) is 5.49. The normalized spacial score (nSPS) is 15.7. The number of ether oxygens (including phenoxy) is 1. The minimum atomic E-state index is 0.624. The Kier molecular flexibility index (Phi) is 4.34. The summed E-state index contributed by atoms with van der Waals surface area (Å²) in [6.45, 7) is 6.79. The molecule has 0 aliphatic heterocycles. The fraction of sp³-hybridized carbons (Fsp3) is 0.833. The zero-order valence-electron chi connectivity index (χ0n) is 10.6. The minimum absolute atomic E-state index is 0.624. The summed E-state index contributed by atoms with van der Waals surface area (Å²) < 4.78 is 8.43. The molecule has 1 aliphatic carbocycles. The lowest BCUT2D eigenvalue weighted by Crippen LogP contribution is -2.10. The predicted octanol–water partition coefficient (Wildman–Crippen LogP) is 2.88. The van der Waals surface area contributed by atoms with Gasteiger partial charge in [-0.3, -0.25) is 5.10 Å². The molecule has 0 amide bonds. The molecule has 0 radical (unpaired) electrons. The molecule has 1 N–H and O–H groups in total. The molecule has 0 aromatic carbocycles. The van der Waals surface area contributed by atoms with E-state index in [0.29, 0.717) is 11.8 Å². The van der Waals surface area contributed by atoms with E-state index in [-0.39, 0.29) is 0 Å². The third-order valence-electron chi connectivity index (χ3n) is 3.03. The average Bonchev–Trinajstić information content (AvgIpc) is 3.04. The quantitative estimate of drug-likeness (QED) is 0.602. The van der Waals surface area contributed by atoms with E-state index in [1.165, 1.54) is 12.8 Å². The number of nitrogens with one attached hydrogen (secondary N) is 1. The molecular formula is C12H21N3OS. The molecular weight excluding hydrogens is 234 g/mol. The molecule has 1 saturated carbocycles. The van der Waals surface area contributed by atoms with E-state index in [1.807, 2.05) is 0 Å². The van der Waals surface area contributed by atoms with Crippen LogP contribution in [0, 0.1) is 10.7 Å². The number of nitrogens with zero attached hydrogens (tertiary/aromatic N) is 2. The number of rotatable bonds is 7. The Labute approximate surface area is 107 Å². The molecule has 17 heavy (non-hydrogen) atoms. The van der Waals surface area contributed by atoms with E-state index in [0.717, 1.165) is 36.8 Å². The van der Waals surface area contributed by atoms with Crippen molar-refractivity contribution < 1.29 is 4.74 Å². The van der Waals surface area contributed by atoms with E-state index in [4.69, 9.17) is 17.0 Å². The van der Waals surface area contributed by atoms with Gasteiger partial charge in [-0.2, -0.15) is 5.10 Å². The monoisotopic (exact) mass is 255 g/mol. The zero-order chi connectivity index (χ0) is 12.3. The molecule has 2 rings (SSSR count). The van der Waals surface area contributed by atoms with Crippen LogP contribution < -0.4 is 0 Å². The van der Waals surface area contributed by atoms with E-state index >= 15 is 0 Å². The molecule has 96 valence electrons. The lowest BCUT2D eigenvalue weighted by atomic mass is 10.1. The van der Waals surface area contributed by atoms with Gasteiger partial charge in [-0.15, -0.1) is 0 Å². The molecule has 0 saturated heterocycles. The van der Waals surface area contributed by atoms with Gasteiger partial charge in [0.1, 0.15) is 5.82 Å². The zero-order valence-corrected chi connectivity index (χ0v) is 11.4. The van der Waals surface area contributed by atoms with Crippen molar-refractivity contribution in [2.24, 2.45) is 5.92 Å². The van der Waals surface area contributed by atoms with Crippen molar-refractivity contribution in [1.29, 1.82) is 0 Å². The first-order chi connectivity index (χ1) is 8.18. The van der Waals surface area contributed by atoms with Crippen molar-refractivity contribution in [3.05, 3.63) is 10.6 Å². The van der Waals surface area contributed by atoms with Crippen molar-refractivity contribution in [3.8, 4) is 0 Å². The highest BCUT2D eigenvalue weighted by atomic mass is 32.1. The molecule has 0 bridgehead atoms. The fourth-order valence-corrected chi connectivity index (χ4v) is 2.01. The lowest BCUT2D eigenvalue weighted by Gasteiger charge is -2.08. The molecule has 0 spiro atoms. The summed E-state index contributed by atoms with van der Waals surface area (Å²) in [6, 6.07) is 0. The van der Waals surface area contributed by atoms with Crippen LogP contribution in [0.1, 0.15) is 44.9 Å². The van der Waals surface area contributed by atoms with Crippen LogP contribution in [0.15, 0.2) is 0 Å². The van der Waals surface area contributed by atoms with Crippen LogP contribution >= 0.6 is 12.2 Å². The Morgan fingerprint density at radius 2 is 2.24 bits per heavy atom. The van der Waals surface area contributed by atoms with Gasteiger partial charge in [0.15, 0.2) is 4.77 Å². The van der Waals surface area contributed by atoms with Crippen molar-refractivity contribution in [3.63, 3.8) is 0 Å². The molecule has 0 unspecified atom stereocenters. The molecule has 0 atom stereocenters. The highest BCUT2D eigenvalue weighted by Gasteiger charge is 2.28. The first kappa shape index (κ1) is 12.8.